The van der Waals surface area contributed by atoms with Gasteiger partial charge in [-0.15, -0.1) is 0 Å². The molecule has 3 rings (SSSR count). The zero-order valence-electron chi connectivity index (χ0n) is 16.6. The maximum atomic E-state index is 12.2. The highest BCUT2D eigenvalue weighted by Crippen LogP contribution is 2.23. The first-order valence-corrected chi connectivity index (χ1v) is 9.95. The summed E-state index contributed by atoms with van der Waals surface area (Å²) < 4.78 is 5.72. The first-order valence-electron chi connectivity index (χ1n) is 9.20. The van der Waals surface area contributed by atoms with Crippen molar-refractivity contribution in [2.24, 2.45) is 5.10 Å². The Labute approximate surface area is 185 Å². The molecule has 0 aliphatic rings. The van der Waals surface area contributed by atoms with Gasteiger partial charge >= 0.3 is 0 Å². The molecule has 0 atom stereocenters. The first kappa shape index (κ1) is 21.7. The Bertz CT molecular complexity index is 1030. The van der Waals surface area contributed by atoms with Gasteiger partial charge in [-0.2, -0.15) is 5.10 Å². The van der Waals surface area contributed by atoms with E-state index in [9.17, 15) is 4.79 Å². The number of halogens is 2. The summed E-state index contributed by atoms with van der Waals surface area (Å²) in [4.78, 5) is 14.3. The van der Waals surface area contributed by atoms with Gasteiger partial charge in [-0.3, -0.25) is 4.79 Å². The summed E-state index contributed by atoms with van der Waals surface area (Å²) in [7, 11) is 3.96. The zero-order chi connectivity index (χ0) is 21.5. The average molecular weight is 442 g/mol. The second kappa shape index (κ2) is 10.1. The summed E-state index contributed by atoms with van der Waals surface area (Å²) in [6.07, 6.45) is 1.60. The highest BCUT2D eigenvalue weighted by molar-refractivity contribution is 6.35. The number of hydrogen-bond acceptors (Lipinski definition) is 4. The number of rotatable bonds is 7. The minimum Gasteiger partial charge on any atom is -0.489 e. The normalized spacial score (nSPS) is 10.8. The lowest BCUT2D eigenvalue weighted by Gasteiger charge is -2.11. The van der Waals surface area contributed by atoms with Crippen LogP contribution in [0.4, 0.5) is 5.69 Å². The molecule has 1 amide bonds. The van der Waals surface area contributed by atoms with Crippen molar-refractivity contribution in [1.82, 2.24) is 5.43 Å². The van der Waals surface area contributed by atoms with E-state index < -0.39 is 0 Å². The number of benzene rings is 3. The number of carbonyl (C=O) groups is 1. The Hall–Kier alpha value is -3.02. The average Bonchev–Trinajstić information content (AvgIpc) is 2.74. The van der Waals surface area contributed by atoms with E-state index in [1.165, 1.54) is 0 Å². The van der Waals surface area contributed by atoms with E-state index in [0.29, 0.717) is 28.0 Å². The SMILES string of the molecule is CN(C)c1ccc(/C=N/NC(=O)c2ccc(OCc3ccc(Cl)cc3Cl)cc2)cc1. The van der Waals surface area contributed by atoms with Crippen molar-refractivity contribution in [3.8, 4) is 5.75 Å². The van der Waals surface area contributed by atoms with Gasteiger partial charge in [-0.05, 0) is 54.1 Å². The van der Waals surface area contributed by atoms with Crippen LogP contribution in [-0.2, 0) is 6.61 Å². The maximum Gasteiger partial charge on any atom is 0.271 e. The third-order valence-corrected chi connectivity index (χ3v) is 4.90. The second-order valence-corrected chi connectivity index (χ2v) is 7.58. The second-order valence-electron chi connectivity index (χ2n) is 6.73. The van der Waals surface area contributed by atoms with Crippen LogP contribution in [-0.4, -0.2) is 26.2 Å². The lowest BCUT2D eigenvalue weighted by atomic mass is 10.2. The van der Waals surface area contributed by atoms with E-state index in [1.54, 1.807) is 42.6 Å². The molecular formula is C23H21Cl2N3O2. The van der Waals surface area contributed by atoms with Gasteiger partial charge in [0.15, 0.2) is 0 Å². The maximum absolute atomic E-state index is 12.2. The van der Waals surface area contributed by atoms with E-state index in [0.717, 1.165) is 16.8 Å². The van der Waals surface area contributed by atoms with Crippen molar-refractivity contribution in [3.05, 3.63) is 93.5 Å². The number of nitrogens with zero attached hydrogens (tertiary/aromatic N) is 2. The van der Waals surface area contributed by atoms with Crippen LogP contribution in [0.2, 0.25) is 10.0 Å². The molecule has 3 aromatic rings. The van der Waals surface area contributed by atoms with Crippen molar-refractivity contribution in [2.45, 2.75) is 6.61 Å². The topological polar surface area (TPSA) is 53.9 Å². The largest absolute Gasteiger partial charge is 0.489 e. The minimum absolute atomic E-state index is 0.302. The molecule has 0 bridgehead atoms. The lowest BCUT2D eigenvalue weighted by molar-refractivity contribution is 0.0955. The standard InChI is InChI=1S/C23H21Cl2N3O2/c1-28(2)20-9-3-16(4-10-20)14-26-27-23(29)17-6-11-21(12-7-17)30-15-18-5-8-19(24)13-22(18)25/h3-14H,15H2,1-2H3,(H,27,29)/b26-14+. The predicted molar refractivity (Wildman–Crippen MR) is 123 cm³/mol. The van der Waals surface area contributed by atoms with Gasteiger partial charge in [0.05, 0.1) is 6.21 Å². The highest BCUT2D eigenvalue weighted by Gasteiger charge is 2.06. The summed E-state index contributed by atoms with van der Waals surface area (Å²) in [5, 5.41) is 5.14. The first-order chi connectivity index (χ1) is 14.4. The van der Waals surface area contributed by atoms with Crippen molar-refractivity contribution >= 4 is 41.0 Å². The molecule has 30 heavy (non-hydrogen) atoms. The number of nitrogens with one attached hydrogen (secondary N) is 1. The number of ether oxygens (including phenoxy) is 1. The molecule has 7 heteroatoms. The van der Waals surface area contributed by atoms with Crippen LogP contribution in [0.25, 0.3) is 0 Å². The monoisotopic (exact) mass is 441 g/mol. The van der Waals surface area contributed by atoms with Gasteiger partial charge in [-0.25, -0.2) is 5.43 Å². The van der Waals surface area contributed by atoms with Crippen molar-refractivity contribution in [2.75, 3.05) is 19.0 Å². The molecule has 0 heterocycles. The molecule has 1 N–H and O–H groups in total. The van der Waals surface area contributed by atoms with Gasteiger partial charge in [0.1, 0.15) is 12.4 Å². The quantitative estimate of drug-likeness (QED) is 0.394. The van der Waals surface area contributed by atoms with E-state index in [-0.39, 0.29) is 5.91 Å². The van der Waals surface area contributed by atoms with Crippen molar-refractivity contribution in [1.29, 1.82) is 0 Å². The fraction of sp³-hybridized carbons (Fsp3) is 0.130. The third-order valence-electron chi connectivity index (χ3n) is 4.32. The highest BCUT2D eigenvalue weighted by atomic mass is 35.5. The van der Waals surface area contributed by atoms with Crippen molar-refractivity contribution < 1.29 is 9.53 Å². The molecule has 0 radical (unpaired) electrons. The molecule has 5 nitrogen and oxygen atoms in total. The Morgan fingerprint density at radius 3 is 2.37 bits per heavy atom. The predicted octanol–water partition coefficient (Wildman–Crippen LogP) is 5.40. The molecule has 0 aliphatic carbocycles. The van der Waals surface area contributed by atoms with Gasteiger partial charge in [0, 0.05) is 41.0 Å². The molecule has 0 unspecified atom stereocenters. The number of carbonyl (C=O) groups excluding carboxylic acids is 1. The summed E-state index contributed by atoms with van der Waals surface area (Å²) in [6.45, 7) is 0.304. The van der Waals surface area contributed by atoms with Crippen LogP contribution in [0.3, 0.4) is 0 Å². The number of hydrogen-bond donors (Lipinski definition) is 1. The molecular weight excluding hydrogens is 421 g/mol. The van der Waals surface area contributed by atoms with Gasteiger partial charge in [-0.1, -0.05) is 41.4 Å². The van der Waals surface area contributed by atoms with Crippen LogP contribution in [0.15, 0.2) is 71.8 Å². The lowest BCUT2D eigenvalue weighted by Crippen LogP contribution is -2.17. The minimum atomic E-state index is -0.302. The van der Waals surface area contributed by atoms with Crippen LogP contribution in [0, 0.1) is 0 Å². The number of anilines is 1. The Balaban J connectivity index is 1.53. The van der Waals surface area contributed by atoms with Crippen LogP contribution >= 0.6 is 23.2 Å². The van der Waals surface area contributed by atoms with E-state index in [4.69, 9.17) is 27.9 Å². The molecule has 0 aliphatic heterocycles. The summed E-state index contributed by atoms with van der Waals surface area (Å²) in [6, 6.07) is 19.9. The fourth-order valence-corrected chi connectivity index (χ4v) is 3.05. The Morgan fingerprint density at radius 2 is 1.73 bits per heavy atom. The molecule has 0 fully saturated rings. The van der Waals surface area contributed by atoms with E-state index in [2.05, 4.69) is 10.5 Å². The van der Waals surface area contributed by atoms with Gasteiger partial charge < -0.3 is 9.64 Å². The summed E-state index contributed by atoms with van der Waals surface area (Å²) >= 11 is 12.0. The number of hydrazone groups is 1. The molecule has 0 saturated carbocycles. The summed E-state index contributed by atoms with van der Waals surface area (Å²) in [5.74, 6) is 0.325. The zero-order valence-corrected chi connectivity index (χ0v) is 18.1. The van der Waals surface area contributed by atoms with Crippen LogP contribution < -0.4 is 15.1 Å². The molecule has 154 valence electrons. The molecule has 0 spiro atoms. The third kappa shape index (κ3) is 5.99. The fourth-order valence-electron chi connectivity index (χ4n) is 2.59. The molecule has 0 aromatic heterocycles. The Kier molecular flexibility index (Phi) is 7.33. The number of amides is 1. The Morgan fingerprint density at radius 1 is 1.03 bits per heavy atom. The molecule has 0 saturated heterocycles. The van der Waals surface area contributed by atoms with Gasteiger partial charge in [0.25, 0.3) is 5.91 Å². The molecule has 3 aromatic carbocycles. The van der Waals surface area contributed by atoms with Crippen LogP contribution in [0.5, 0.6) is 5.75 Å². The van der Waals surface area contributed by atoms with E-state index in [1.807, 2.05) is 49.3 Å². The van der Waals surface area contributed by atoms with Gasteiger partial charge in [0.2, 0.25) is 0 Å². The van der Waals surface area contributed by atoms with Crippen molar-refractivity contribution in [3.63, 3.8) is 0 Å². The van der Waals surface area contributed by atoms with Crippen LogP contribution in [0.1, 0.15) is 21.5 Å². The smallest absolute Gasteiger partial charge is 0.271 e. The van der Waals surface area contributed by atoms with E-state index >= 15 is 0 Å². The summed E-state index contributed by atoms with van der Waals surface area (Å²) in [5.41, 5.74) is 5.82.